The van der Waals surface area contributed by atoms with Gasteiger partial charge in [0.15, 0.2) is 0 Å². The van der Waals surface area contributed by atoms with Gasteiger partial charge in [0.2, 0.25) is 0 Å². The van der Waals surface area contributed by atoms with E-state index < -0.39 is 9.84 Å². The van der Waals surface area contributed by atoms with E-state index in [9.17, 15) is 13.5 Å². The molecule has 0 heterocycles. The van der Waals surface area contributed by atoms with Crippen LogP contribution in [0.4, 0.5) is 0 Å². The lowest BCUT2D eigenvalue weighted by atomic mass is 10.5. The minimum absolute atomic E-state index is 0.0486. The first kappa shape index (κ1) is 8.91. The van der Waals surface area contributed by atoms with Gasteiger partial charge in [-0.3, -0.25) is 0 Å². The first-order chi connectivity index (χ1) is 4.12. The highest BCUT2D eigenvalue weighted by Crippen LogP contribution is 1.91. The van der Waals surface area contributed by atoms with Gasteiger partial charge in [-0.25, -0.2) is 13.5 Å². The fourth-order valence-electron chi connectivity index (χ4n) is 0.423. The fourth-order valence-corrected chi connectivity index (χ4v) is 1.27. The summed E-state index contributed by atoms with van der Waals surface area (Å²) >= 11 is 0. The summed E-state index contributed by atoms with van der Waals surface area (Å²) in [5.41, 5.74) is 0. The molecule has 0 amide bonds. The topological polar surface area (TPSA) is 54.0 Å². The molecule has 4 heteroatoms. The van der Waals surface area contributed by atoms with E-state index in [4.69, 9.17) is 0 Å². The number of hydrogen-bond donors (Lipinski definition) is 0. The summed E-state index contributed by atoms with van der Waals surface area (Å²) in [5, 5.41) is 9.83. The monoisotopic (exact) mass is 151 g/mol. The SMILES string of the molecule is CCS(=O)(=O)CCC[O]. The zero-order valence-electron chi connectivity index (χ0n) is 5.46. The molecule has 0 atom stereocenters. The molecular formula is C5H11O3S. The highest BCUT2D eigenvalue weighted by molar-refractivity contribution is 7.91. The normalized spacial score (nSPS) is 11.8. The summed E-state index contributed by atoms with van der Waals surface area (Å²) in [4.78, 5) is 0. The van der Waals surface area contributed by atoms with E-state index in [1.54, 1.807) is 6.92 Å². The molecule has 0 aliphatic rings. The van der Waals surface area contributed by atoms with Crippen LogP contribution in [0.1, 0.15) is 13.3 Å². The predicted molar refractivity (Wildman–Crippen MR) is 34.5 cm³/mol. The Morgan fingerprint density at radius 3 is 2.22 bits per heavy atom. The molecule has 0 saturated heterocycles. The number of sulfone groups is 1. The molecule has 0 rings (SSSR count). The smallest absolute Gasteiger partial charge is 0.150 e. The molecule has 0 aromatic carbocycles. The molecule has 0 aromatic rings. The Labute approximate surface area is 55.6 Å². The predicted octanol–water partition coefficient (Wildman–Crippen LogP) is 0.242. The molecule has 9 heavy (non-hydrogen) atoms. The van der Waals surface area contributed by atoms with Crippen LogP contribution in [-0.2, 0) is 14.9 Å². The minimum atomic E-state index is -2.88. The zero-order valence-corrected chi connectivity index (χ0v) is 6.28. The van der Waals surface area contributed by atoms with Crippen LogP contribution in [0.15, 0.2) is 0 Å². The lowest BCUT2D eigenvalue weighted by molar-refractivity contribution is 0.194. The summed E-state index contributed by atoms with van der Waals surface area (Å²) in [6, 6.07) is 0. The van der Waals surface area contributed by atoms with Crippen molar-refractivity contribution in [1.82, 2.24) is 0 Å². The van der Waals surface area contributed by atoms with Gasteiger partial charge in [0.05, 0.1) is 12.4 Å². The van der Waals surface area contributed by atoms with Crippen LogP contribution in [0.5, 0.6) is 0 Å². The maximum Gasteiger partial charge on any atom is 0.150 e. The van der Waals surface area contributed by atoms with Crippen LogP contribution < -0.4 is 0 Å². The van der Waals surface area contributed by atoms with Crippen LogP contribution in [0, 0.1) is 0 Å². The quantitative estimate of drug-likeness (QED) is 0.578. The molecule has 3 nitrogen and oxygen atoms in total. The second-order valence-corrected chi connectivity index (χ2v) is 4.27. The second-order valence-electron chi connectivity index (χ2n) is 1.79. The average molecular weight is 151 g/mol. The maximum absolute atomic E-state index is 10.6. The molecular weight excluding hydrogens is 140 g/mol. The van der Waals surface area contributed by atoms with Gasteiger partial charge < -0.3 is 0 Å². The lowest BCUT2D eigenvalue weighted by Crippen LogP contribution is -2.09. The molecule has 0 aliphatic carbocycles. The van der Waals surface area contributed by atoms with E-state index in [1.165, 1.54) is 0 Å². The van der Waals surface area contributed by atoms with Crippen LogP contribution in [0.25, 0.3) is 0 Å². The van der Waals surface area contributed by atoms with Crippen molar-refractivity contribution in [2.75, 3.05) is 18.1 Å². The standard InChI is InChI=1S/C5H11O3S/c1-2-9(7,8)5-3-4-6/h2-5H2,1H3. The average Bonchev–Trinajstić information content (AvgIpc) is 1.84. The van der Waals surface area contributed by atoms with Gasteiger partial charge in [0, 0.05) is 5.75 Å². The largest absolute Gasteiger partial charge is 0.237 e. The summed E-state index contributed by atoms with van der Waals surface area (Å²) in [7, 11) is -2.88. The van der Waals surface area contributed by atoms with E-state index in [1.807, 2.05) is 0 Å². The molecule has 0 aromatic heterocycles. The highest BCUT2D eigenvalue weighted by atomic mass is 32.2. The van der Waals surface area contributed by atoms with Gasteiger partial charge in [0.25, 0.3) is 0 Å². The van der Waals surface area contributed by atoms with Gasteiger partial charge >= 0.3 is 0 Å². The Morgan fingerprint density at radius 1 is 1.33 bits per heavy atom. The van der Waals surface area contributed by atoms with Gasteiger partial charge in [0.1, 0.15) is 9.84 Å². The Balaban J connectivity index is 3.61. The van der Waals surface area contributed by atoms with Gasteiger partial charge in [-0.05, 0) is 6.42 Å². The van der Waals surface area contributed by atoms with Crippen molar-refractivity contribution >= 4 is 9.84 Å². The van der Waals surface area contributed by atoms with Gasteiger partial charge in [-0.2, -0.15) is 0 Å². The molecule has 0 aliphatic heterocycles. The van der Waals surface area contributed by atoms with Crippen molar-refractivity contribution in [2.24, 2.45) is 0 Å². The molecule has 0 N–H and O–H groups in total. The summed E-state index contributed by atoms with van der Waals surface area (Å²) in [6.07, 6.45) is 0.246. The van der Waals surface area contributed by atoms with Crippen LogP contribution in [0.3, 0.4) is 0 Å². The molecule has 0 unspecified atom stereocenters. The fraction of sp³-hybridized carbons (Fsp3) is 1.00. The van der Waals surface area contributed by atoms with Crippen LogP contribution in [0.2, 0.25) is 0 Å². The second kappa shape index (κ2) is 3.85. The van der Waals surface area contributed by atoms with E-state index >= 15 is 0 Å². The van der Waals surface area contributed by atoms with Crippen LogP contribution >= 0.6 is 0 Å². The van der Waals surface area contributed by atoms with E-state index in [2.05, 4.69) is 0 Å². The zero-order chi connectivity index (χ0) is 7.33. The highest BCUT2D eigenvalue weighted by Gasteiger charge is 2.04. The van der Waals surface area contributed by atoms with Gasteiger partial charge in [-0.1, -0.05) is 6.92 Å². The first-order valence-corrected chi connectivity index (χ1v) is 4.73. The Hall–Kier alpha value is -0.0900. The third-order valence-corrected chi connectivity index (χ3v) is 2.83. The molecule has 55 valence electrons. The summed E-state index contributed by atoms with van der Waals surface area (Å²) < 4.78 is 21.2. The summed E-state index contributed by atoms with van der Waals surface area (Å²) in [5.74, 6) is 0.194. The summed E-state index contributed by atoms with van der Waals surface area (Å²) in [6.45, 7) is 1.29. The molecule has 0 saturated carbocycles. The molecule has 1 radical (unpaired) electrons. The number of hydrogen-bond acceptors (Lipinski definition) is 2. The third-order valence-electron chi connectivity index (χ3n) is 1.04. The number of rotatable bonds is 4. The molecule has 0 fully saturated rings. The minimum Gasteiger partial charge on any atom is -0.237 e. The third kappa shape index (κ3) is 4.42. The van der Waals surface area contributed by atoms with E-state index in [0.717, 1.165) is 0 Å². The Kier molecular flexibility index (Phi) is 3.81. The van der Waals surface area contributed by atoms with Crippen molar-refractivity contribution in [3.8, 4) is 0 Å². The maximum atomic E-state index is 10.6. The molecule has 0 spiro atoms. The van der Waals surface area contributed by atoms with Crippen molar-refractivity contribution in [3.63, 3.8) is 0 Å². The van der Waals surface area contributed by atoms with Crippen molar-refractivity contribution in [1.29, 1.82) is 0 Å². The Bertz CT molecular complexity index is 148. The van der Waals surface area contributed by atoms with Gasteiger partial charge in [-0.15, -0.1) is 0 Å². The van der Waals surface area contributed by atoms with Crippen LogP contribution in [-0.4, -0.2) is 26.5 Å². The lowest BCUT2D eigenvalue weighted by Gasteiger charge is -1.95. The first-order valence-electron chi connectivity index (χ1n) is 2.91. The Morgan fingerprint density at radius 2 is 1.89 bits per heavy atom. The van der Waals surface area contributed by atoms with Crippen molar-refractivity contribution in [3.05, 3.63) is 0 Å². The van der Waals surface area contributed by atoms with Crippen molar-refractivity contribution in [2.45, 2.75) is 13.3 Å². The molecule has 0 bridgehead atoms. The van der Waals surface area contributed by atoms with E-state index in [0.29, 0.717) is 0 Å². The van der Waals surface area contributed by atoms with Crippen molar-refractivity contribution < 1.29 is 13.5 Å². The van der Waals surface area contributed by atoms with E-state index in [-0.39, 0.29) is 24.5 Å².